The Morgan fingerprint density at radius 3 is 2.65 bits per heavy atom. The molecule has 2 bridgehead atoms. The molecule has 37 heavy (non-hydrogen) atoms. The topological polar surface area (TPSA) is 96.4 Å². The highest BCUT2D eigenvalue weighted by Gasteiger charge is 2.74. The van der Waals surface area contributed by atoms with Crippen LogP contribution >= 0.6 is 11.8 Å². The summed E-state index contributed by atoms with van der Waals surface area (Å²) in [5.74, 6) is -1.39. The maximum atomic E-state index is 14.2. The maximum absolute atomic E-state index is 14.2. The molecule has 3 aliphatic rings. The number of carbonyl (C=O) groups is 3. The van der Waals surface area contributed by atoms with E-state index in [9.17, 15) is 19.5 Å². The molecule has 0 aromatic heterocycles. The number of unbranched alkanes of at least 4 members (excludes halogenated alkanes) is 2. The molecular weight excluding hydrogens is 492 g/mol. The van der Waals surface area contributed by atoms with Crippen molar-refractivity contribution in [1.82, 2.24) is 4.90 Å². The van der Waals surface area contributed by atoms with Gasteiger partial charge in [0.1, 0.15) is 11.8 Å². The maximum Gasteiger partial charge on any atom is 0.310 e. The first-order chi connectivity index (χ1) is 17.9. The van der Waals surface area contributed by atoms with Gasteiger partial charge in [0.25, 0.3) is 5.91 Å². The van der Waals surface area contributed by atoms with Crippen molar-refractivity contribution in [2.45, 2.75) is 48.1 Å². The monoisotopic (exact) mass is 528 g/mol. The molecular formula is C28H36N2O6S. The van der Waals surface area contributed by atoms with Gasteiger partial charge in [0.2, 0.25) is 5.91 Å². The fourth-order valence-electron chi connectivity index (χ4n) is 6.07. The summed E-state index contributed by atoms with van der Waals surface area (Å²) in [5.41, 5.74) is 0.662. The third kappa shape index (κ3) is 4.91. The molecule has 3 heterocycles. The van der Waals surface area contributed by atoms with Crippen molar-refractivity contribution in [2.24, 2.45) is 11.8 Å². The second-order valence-corrected chi connectivity index (χ2v) is 11.3. The molecule has 2 amide bonds. The number of esters is 1. The Hall–Kier alpha value is -2.78. The molecule has 1 aromatic carbocycles. The van der Waals surface area contributed by atoms with Crippen molar-refractivity contribution in [3.8, 4) is 5.75 Å². The van der Waals surface area contributed by atoms with Crippen LogP contribution in [-0.4, -0.2) is 77.2 Å². The van der Waals surface area contributed by atoms with E-state index in [1.807, 2.05) is 6.08 Å². The molecule has 2 unspecified atom stereocenters. The molecule has 3 saturated heterocycles. The molecule has 1 spiro atoms. The second kappa shape index (κ2) is 11.7. The van der Waals surface area contributed by atoms with Gasteiger partial charge in [0.05, 0.1) is 36.9 Å². The van der Waals surface area contributed by atoms with Crippen LogP contribution in [0.5, 0.6) is 5.75 Å². The van der Waals surface area contributed by atoms with E-state index < -0.39 is 22.6 Å². The number of benzene rings is 1. The van der Waals surface area contributed by atoms with Crippen LogP contribution in [0.2, 0.25) is 0 Å². The fourth-order valence-corrected chi connectivity index (χ4v) is 8.27. The zero-order chi connectivity index (χ0) is 26.6. The number of hydrogen-bond donors (Lipinski definition) is 1. The highest BCUT2D eigenvalue weighted by atomic mass is 32.2. The van der Waals surface area contributed by atoms with E-state index in [1.165, 1.54) is 4.90 Å². The van der Waals surface area contributed by atoms with Gasteiger partial charge >= 0.3 is 5.97 Å². The lowest BCUT2D eigenvalue weighted by molar-refractivity contribution is -0.154. The molecule has 5 atom stereocenters. The van der Waals surface area contributed by atoms with Crippen LogP contribution in [0.1, 0.15) is 32.1 Å². The van der Waals surface area contributed by atoms with Crippen LogP contribution < -0.4 is 9.64 Å². The summed E-state index contributed by atoms with van der Waals surface area (Å²) in [6, 6.07) is 6.37. The number of nitrogens with zero attached hydrogens (tertiary/aromatic N) is 2. The number of methoxy groups -OCH3 is 1. The highest BCUT2D eigenvalue weighted by Crippen LogP contribution is 2.66. The van der Waals surface area contributed by atoms with Crippen molar-refractivity contribution in [2.75, 3.05) is 38.3 Å². The Morgan fingerprint density at radius 2 is 2.00 bits per heavy atom. The molecule has 0 saturated carbocycles. The summed E-state index contributed by atoms with van der Waals surface area (Å²) in [5, 5.41) is 9.74. The van der Waals surface area contributed by atoms with E-state index in [0.29, 0.717) is 24.5 Å². The minimum atomic E-state index is -0.792. The van der Waals surface area contributed by atoms with Gasteiger partial charge in [-0.3, -0.25) is 14.4 Å². The summed E-state index contributed by atoms with van der Waals surface area (Å²) in [6.45, 7) is 7.86. The smallest absolute Gasteiger partial charge is 0.310 e. The molecule has 1 N–H and O–H groups in total. The number of fused-ring (bicyclic) bond motifs is 1. The summed E-state index contributed by atoms with van der Waals surface area (Å²) in [6.07, 6.45) is 7.37. The second-order valence-electron chi connectivity index (χ2n) is 9.70. The fraction of sp³-hybridized carbons (Fsp3) is 0.536. The zero-order valence-electron chi connectivity index (χ0n) is 21.3. The number of β-amino-alcohol motifs (C(OH)–C–C–N with tert-alkyl or cyclic N) is 1. The van der Waals surface area contributed by atoms with E-state index in [4.69, 9.17) is 9.47 Å². The van der Waals surface area contributed by atoms with Gasteiger partial charge in [-0.1, -0.05) is 12.2 Å². The zero-order valence-corrected chi connectivity index (χ0v) is 22.2. The predicted molar refractivity (Wildman–Crippen MR) is 143 cm³/mol. The average Bonchev–Trinajstić information content (AvgIpc) is 3.55. The molecule has 3 fully saturated rings. The summed E-state index contributed by atoms with van der Waals surface area (Å²) in [7, 11) is 1.58. The number of amides is 2. The van der Waals surface area contributed by atoms with Crippen LogP contribution in [0.4, 0.5) is 5.69 Å². The normalized spacial score (nSPS) is 27.6. The first-order valence-corrected chi connectivity index (χ1v) is 13.7. The van der Waals surface area contributed by atoms with Gasteiger partial charge in [0.15, 0.2) is 0 Å². The Balaban J connectivity index is 1.62. The van der Waals surface area contributed by atoms with E-state index in [0.717, 1.165) is 25.7 Å². The largest absolute Gasteiger partial charge is 0.497 e. The number of aliphatic hydroxyl groups is 1. The molecule has 0 radical (unpaired) electrons. The number of ether oxygens (including phenoxy) is 2. The van der Waals surface area contributed by atoms with E-state index in [2.05, 4.69) is 13.2 Å². The van der Waals surface area contributed by atoms with Crippen molar-refractivity contribution < 1.29 is 29.0 Å². The first kappa shape index (κ1) is 27.3. The quantitative estimate of drug-likeness (QED) is 0.239. The first-order valence-electron chi connectivity index (χ1n) is 12.9. The third-order valence-electron chi connectivity index (χ3n) is 7.66. The number of aliphatic hydroxyl groups excluding tert-OH is 1. The lowest BCUT2D eigenvalue weighted by Gasteiger charge is -2.37. The van der Waals surface area contributed by atoms with Crippen LogP contribution in [0.15, 0.2) is 49.6 Å². The lowest BCUT2D eigenvalue weighted by atomic mass is 9.71. The molecule has 0 aliphatic carbocycles. The van der Waals surface area contributed by atoms with Crippen molar-refractivity contribution in [3.05, 3.63) is 49.6 Å². The minimum absolute atomic E-state index is 0.0343. The van der Waals surface area contributed by atoms with Crippen molar-refractivity contribution in [3.63, 3.8) is 0 Å². The number of thioether (sulfide) groups is 1. The Kier molecular flexibility index (Phi) is 8.64. The Morgan fingerprint density at radius 1 is 1.24 bits per heavy atom. The standard InChI is InChI=1S/C28H36N2O6S/c1-4-6-7-8-18-36-27(34)22-21-13-14-28(37-21)23(22)25(32)30(16-17-31)24(28)26(33)29(15-5-2)19-9-11-20(35-3)12-10-19/h4-5,9-12,21-24,31H,1-2,6-8,13-18H2,3H3/t21-,22+,23+,24?,28?/m1/s1. The molecule has 8 nitrogen and oxygen atoms in total. The molecule has 3 aliphatic heterocycles. The number of rotatable bonds is 13. The third-order valence-corrected chi connectivity index (χ3v) is 9.61. The highest BCUT2D eigenvalue weighted by molar-refractivity contribution is 8.02. The van der Waals surface area contributed by atoms with Crippen molar-refractivity contribution >= 4 is 35.2 Å². The van der Waals surface area contributed by atoms with Gasteiger partial charge in [-0.15, -0.1) is 24.9 Å². The average molecular weight is 529 g/mol. The van der Waals surface area contributed by atoms with Crippen molar-refractivity contribution in [1.29, 1.82) is 0 Å². The van der Waals surface area contributed by atoms with Crippen LogP contribution in [-0.2, 0) is 19.1 Å². The summed E-state index contributed by atoms with van der Waals surface area (Å²) < 4.78 is 10.1. The Labute approximate surface area is 222 Å². The van der Waals surface area contributed by atoms with Gasteiger partial charge in [0, 0.05) is 24.0 Å². The van der Waals surface area contributed by atoms with Gasteiger partial charge in [-0.25, -0.2) is 0 Å². The van der Waals surface area contributed by atoms with Crippen LogP contribution in [0.25, 0.3) is 0 Å². The lowest BCUT2D eigenvalue weighted by Crippen LogP contribution is -2.55. The Bertz CT molecular complexity index is 1030. The van der Waals surface area contributed by atoms with E-state index in [-0.39, 0.29) is 42.7 Å². The van der Waals surface area contributed by atoms with Gasteiger partial charge < -0.3 is 24.4 Å². The number of hydrogen-bond acceptors (Lipinski definition) is 7. The van der Waals surface area contributed by atoms with Crippen LogP contribution in [0.3, 0.4) is 0 Å². The number of carbonyl (C=O) groups excluding carboxylic acids is 3. The van der Waals surface area contributed by atoms with E-state index in [1.54, 1.807) is 54.1 Å². The molecule has 1 aromatic rings. The number of anilines is 1. The van der Waals surface area contributed by atoms with E-state index >= 15 is 0 Å². The molecule has 200 valence electrons. The van der Waals surface area contributed by atoms with Crippen LogP contribution in [0, 0.1) is 11.8 Å². The van der Waals surface area contributed by atoms with Gasteiger partial charge in [-0.2, -0.15) is 0 Å². The molecule has 4 rings (SSSR count). The number of allylic oxidation sites excluding steroid dienone is 1. The summed E-state index contributed by atoms with van der Waals surface area (Å²) >= 11 is 1.59. The summed E-state index contributed by atoms with van der Waals surface area (Å²) in [4.78, 5) is 44.3. The number of likely N-dealkylation sites (tertiary alicyclic amines) is 1. The molecule has 9 heteroatoms. The SMILES string of the molecule is C=CCCCCOC(=O)[C@@H]1[C@H]2C(=O)N(CCO)C(C(=O)N(CC=C)c3ccc(OC)cc3)C23CC[C@H]1S3. The van der Waals surface area contributed by atoms with Gasteiger partial charge in [-0.05, 0) is 56.4 Å². The minimum Gasteiger partial charge on any atom is -0.497 e. The predicted octanol–water partition coefficient (Wildman–Crippen LogP) is 3.20.